The molecule has 9 nitrogen and oxygen atoms in total. The van der Waals surface area contributed by atoms with Crippen LogP contribution in [0.1, 0.15) is 5.56 Å². The molecule has 0 saturated heterocycles. The molecular formula is C14H12N6O3S3. The Hall–Kier alpha value is -2.41. The van der Waals surface area contributed by atoms with Crippen molar-refractivity contribution in [2.45, 2.75) is 11.7 Å². The molecule has 2 heterocycles. The van der Waals surface area contributed by atoms with E-state index in [1.807, 2.05) is 30.3 Å². The molecule has 0 amide bonds. The van der Waals surface area contributed by atoms with Crippen molar-refractivity contribution in [1.29, 1.82) is 0 Å². The van der Waals surface area contributed by atoms with Gasteiger partial charge >= 0.3 is 0 Å². The highest BCUT2D eigenvalue weighted by atomic mass is 32.2. The molecule has 134 valence electrons. The number of benzene rings is 1. The molecule has 2 N–H and O–H groups in total. The summed E-state index contributed by atoms with van der Waals surface area (Å²) in [5, 5.41) is 18.7. The van der Waals surface area contributed by atoms with Crippen molar-refractivity contribution in [3.05, 3.63) is 51.0 Å². The van der Waals surface area contributed by atoms with E-state index in [2.05, 4.69) is 24.6 Å². The number of H-pyrrole nitrogens is 1. The molecule has 0 saturated carbocycles. The Morgan fingerprint density at radius 3 is 2.88 bits per heavy atom. The van der Waals surface area contributed by atoms with Crippen molar-refractivity contribution in [3.8, 4) is 5.88 Å². The number of azo groups is 1. The maximum absolute atomic E-state index is 12.1. The largest absolute Gasteiger partial charge is 0.493 e. The molecule has 0 bridgehead atoms. The lowest BCUT2D eigenvalue weighted by molar-refractivity contribution is 0.414. The van der Waals surface area contributed by atoms with E-state index in [0.717, 1.165) is 29.1 Å². The lowest BCUT2D eigenvalue weighted by Crippen LogP contribution is -2.14. The Bertz CT molecular complexity index is 1040. The van der Waals surface area contributed by atoms with Crippen LogP contribution >= 0.6 is 35.8 Å². The van der Waals surface area contributed by atoms with Crippen LogP contribution in [0, 0.1) is 4.77 Å². The van der Waals surface area contributed by atoms with E-state index in [-0.39, 0.29) is 28.0 Å². The van der Waals surface area contributed by atoms with Crippen LogP contribution in [0.15, 0.2) is 50.5 Å². The quantitative estimate of drug-likeness (QED) is 0.363. The first-order valence-corrected chi connectivity index (χ1v) is 9.07. The molecule has 3 rings (SSSR count). The Morgan fingerprint density at radius 2 is 2.15 bits per heavy atom. The highest BCUT2D eigenvalue weighted by Crippen LogP contribution is 2.27. The first-order chi connectivity index (χ1) is 12.6. The van der Waals surface area contributed by atoms with Gasteiger partial charge in [-0.25, -0.2) is 0 Å². The molecule has 12 heteroatoms. The summed E-state index contributed by atoms with van der Waals surface area (Å²) in [4.78, 5) is 18.6. The Balaban J connectivity index is 1.94. The normalized spacial score (nSPS) is 11.3. The van der Waals surface area contributed by atoms with Crippen LogP contribution in [0.2, 0.25) is 0 Å². The van der Waals surface area contributed by atoms with Crippen LogP contribution < -0.4 is 5.56 Å². The third kappa shape index (κ3) is 4.22. The van der Waals surface area contributed by atoms with Gasteiger partial charge in [-0.2, -0.15) is 9.36 Å². The average Bonchev–Trinajstić information content (AvgIpc) is 3.07. The van der Waals surface area contributed by atoms with Gasteiger partial charge in [0.15, 0.2) is 4.77 Å². The number of aromatic hydroxyl groups is 1. The van der Waals surface area contributed by atoms with E-state index in [4.69, 9.17) is 16.4 Å². The molecule has 0 aliphatic carbocycles. The molecule has 3 aromatic rings. The van der Waals surface area contributed by atoms with Crippen molar-refractivity contribution in [3.63, 3.8) is 0 Å². The van der Waals surface area contributed by atoms with Crippen LogP contribution in [0.4, 0.5) is 10.8 Å². The Kier molecular flexibility index (Phi) is 5.88. The minimum atomic E-state index is -0.642. The molecule has 2 aromatic heterocycles. The van der Waals surface area contributed by atoms with Crippen molar-refractivity contribution >= 4 is 46.6 Å². The number of nitrogens with one attached hydrogen (secondary N) is 1. The number of nitrogens with zero attached hydrogens (tertiary/aromatic N) is 5. The highest BCUT2D eigenvalue weighted by molar-refractivity contribution is 7.94. The molecule has 0 unspecified atom stereocenters. The molecule has 0 radical (unpaired) electrons. The monoisotopic (exact) mass is 408 g/mol. The van der Waals surface area contributed by atoms with Crippen LogP contribution in [-0.4, -0.2) is 31.1 Å². The predicted octanol–water partition coefficient (Wildman–Crippen LogP) is 3.58. The summed E-state index contributed by atoms with van der Waals surface area (Å²) in [7, 11) is 1.49. The topological polar surface area (TPSA) is 118 Å². The smallest absolute Gasteiger partial charge is 0.283 e. The molecule has 0 aliphatic heterocycles. The van der Waals surface area contributed by atoms with E-state index in [9.17, 15) is 9.90 Å². The fourth-order valence-corrected chi connectivity index (χ4v) is 3.21. The summed E-state index contributed by atoms with van der Waals surface area (Å²) in [6.45, 7) is 0.276. The van der Waals surface area contributed by atoms with Gasteiger partial charge in [-0.1, -0.05) is 30.3 Å². The van der Waals surface area contributed by atoms with Crippen LogP contribution in [0.25, 0.3) is 0 Å². The zero-order valence-electron chi connectivity index (χ0n) is 13.3. The molecule has 0 fully saturated rings. The third-order valence-electron chi connectivity index (χ3n) is 3.12. The van der Waals surface area contributed by atoms with Gasteiger partial charge in [0.2, 0.25) is 21.9 Å². The van der Waals surface area contributed by atoms with Gasteiger partial charge < -0.3 is 9.29 Å². The summed E-state index contributed by atoms with van der Waals surface area (Å²) >= 11 is 7.10. The molecule has 0 spiro atoms. The molecular weight excluding hydrogens is 396 g/mol. The number of aromatic nitrogens is 4. The Labute approximate surface area is 160 Å². The lowest BCUT2D eigenvalue weighted by atomic mass is 10.2. The first-order valence-electron chi connectivity index (χ1n) is 7.14. The zero-order valence-corrected chi connectivity index (χ0v) is 15.8. The second-order valence-electron chi connectivity index (χ2n) is 4.81. The number of aromatic amines is 1. The van der Waals surface area contributed by atoms with E-state index < -0.39 is 5.56 Å². The summed E-state index contributed by atoms with van der Waals surface area (Å²) in [5.41, 5.74) is 0.00133. The second kappa shape index (κ2) is 8.31. The molecule has 1 aromatic carbocycles. The van der Waals surface area contributed by atoms with E-state index >= 15 is 0 Å². The fourth-order valence-electron chi connectivity index (χ4n) is 2.00. The summed E-state index contributed by atoms with van der Waals surface area (Å²) in [5.74, 6) is -0.373. The van der Waals surface area contributed by atoms with Crippen molar-refractivity contribution in [1.82, 2.24) is 18.9 Å². The molecule has 26 heavy (non-hydrogen) atoms. The van der Waals surface area contributed by atoms with Gasteiger partial charge in [-0.15, -0.1) is 10.2 Å². The van der Waals surface area contributed by atoms with Gasteiger partial charge in [0.1, 0.15) is 0 Å². The third-order valence-corrected chi connectivity index (χ3v) is 4.66. The zero-order chi connectivity index (χ0) is 18.5. The number of hydrogen-bond acceptors (Lipinski definition) is 10. The lowest BCUT2D eigenvalue weighted by Gasteiger charge is -2.10. The maximum atomic E-state index is 12.1. The van der Waals surface area contributed by atoms with E-state index in [1.54, 1.807) is 0 Å². The van der Waals surface area contributed by atoms with Crippen LogP contribution in [-0.2, 0) is 10.7 Å². The van der Waals surface area contributed by atoms with Crippen LogP contribution in [0.3, 0.4) is 0 Å². The van der Waals surface area contributed by atoms with E-state index in [1.165, 1.54) is 11.7 Å². The summed E-state index contributed by atoms with van der Waals surface area (Å²) in [6.07, 6.45) is 0. The fraction of sp³-hybridized carbons (Fsp3) is 0.143. The van der Waals surface area contributed by atoms with Crippen molar-refractivity contribution in [2.75, 3.05) is 7.11 Å². The first kappa shape index (κ1) is 18.4. The average molecular weight is 408 g/mol. The van der Waals surface area contributed by atoms with Gasteiger partial charge in [0, 0.05) is 11.5 Å². The summed E-state index contributed by atoms with van der Waals surface area (Å²) in [6, 6.07) is 9.38. The number of rotatable bonds is 6. The second-order valence-corrected chi connectivity index (χ2v) is 6.79. The van der Waals surface area contributed by atoms with Gasteiger partial charge in [-0.3, -0.25) is 14.3 Å². The molecule has 0 atom stereocenters. The Morgan fingerprint density at radius 1 is 1.38 bits per heavy atom. The summed E-state index contributed by atoms with van der Waals surface area (Å²) < 4.78 is 10.3. The maximum Gasteiger partial charge on any atom is 0.283 e. The van der Waals surface area contributed by atoms with Crippen molar-refractivity contribution in [2.24, 2.45) is 10.2 Å². The number of hydrogen-bond donors (Lipinski definition) is 2. The standard InChI is InChI=1S/C14H12N6O3S3/c1-23-26-13-16-12(25-19-13)18-17-9-10(21)15-14(24)20(11(9)22)7-8-5-3-2-4-6-8/h2-6,22H,7H2,1H3,(H,15,21,24). The van der Waals surface area contributed by atoms with E-state index in [0.29, 0.717) is 5.16 Å². The van der Waals surface area contributed by atoms with Gasteiger partial charge in [0.05, 0.1) is 25.7 Å². The molecule has 0 aliphatic rings. The van der Waals surface area contributed by atoms with Gasteiger partial charge in [-0.05, 0) is 17.8 Å². The van der Waals surface area contributed by atoms with Crippen molar-refractivity contribution < 1.29 is 9.29 Å². The minimum absolute atomic E-state index is 0.0880. The minimum Gasteiger partial charge on any atom is -0.493 e. The predicted molar refractivity (Wildman–Crippen MR) is 100 cm³/mol. The van der Waals surface area contributed by atoms with Gasteiger partial charge in [0.25, 0.3) is 5.56 Å². The SMILES string of the molecule is COSc1nsc(N=Nc2c(O)n(Cc3ccccc3)c(=S)[nH]c2=O)n1. The van der Waals surface area contributed by atoms with Crippen LogP contribution in [0.5, 0.6) is 5.88 Å². The highest BCUT2D eigenvalue weighted by Gasteiger charge is 2.13.